The molecule has 5 heteroatoms. The number of hydrogen-bond donors (Lipinski definition) is 4. The Kier molecular flexibility index (Phi) is 4.39. The fourth-order valence-corrected chi connectivity index (χ4v) is 2.57. The molecule has 19 heavy (non-hydrogen) atoms. The van der Waals surface area contributed by atoms with E-state index in [4.69, 9.17) is 0 Å². The monoisotopic (exact) mass is 264 g/mol. The first-order valence-corrected chi connectivity index (χ1v) is 6.59. The number of rotatable bonds is 4. The summed E-state index contributed by atoms with van der Waals surface area (Å²) < 4.78 is 0. The number of phenols is 1. The van der Waals surface area contributed by atoms with Crippen LogP contribution in [-0.4, -0.2) is 28.7 Å². The molecule has 1 aliphatic rings. The van der Waals surface area contributed by atoms with E-state index < -0.39 is 6.10 Å². The lowest BCUT2D eigenvalue weighted by molar-refractivity contribution is -0.105. The summed E-state index contributed by atoms with van der Waals surface area (Å²) in [6.07, 6.45) is 3.00. The van der Waals surface area contributed by atoms with Crippen molar-refractivity contribution in [2.45, 2.75) is 44.4 Å². The van der Waals surface area contributed by atoms with E-state index in [-0.39, 0.29) is 11.8 Å². The molecule has 0 radical (unpaired) electrons. The number of nitrogens with one attached hydrogen (secondary N) is 2. The van der Waals surface area contributed by atoms with Gasteiger partial charge in [-0.05, 0) is 37.5 Å². The van der Waals surface area contributed by atoms with Gasteiger partial charge in [-0.1, -0.05) is 12.5 Å². The second-order valence-electron chi connectivity index (χ2n) is 5.09. The van der Waals surface area contributed by atoms with Gasteiger partial charge in [0.25, 0.3) is 0 Å². The van der Waals surface area contributed by atoms with Crippen molar-refractivity contribution >= 4 is 12.1 Å². The predicted octanol–water partition coefficient (Wildman–Crippen LogP) is 1.52. The van der Waals surface area contributed by atoms with E-state index in [0.29, 0.717) is 23.7 Å². The second-order valence-corrected chi connectivity index (χ2v) is 5.09. The molecule has 5 nitrogen and oxygen atoms in total. The fraction of sp³-hybridized carbons (Fsp3) is 0.500. The van der Waals surface area contributed by atoms with Gasteiger partial charge in [0.1, 0.15) is 5.75 Å². The summed E-state index contributed by atoms with van der Waals surface area (Å²) in [5.41, 5.74) is 1.00. The van der Waals surface area contributed by atoms with Gasteiger partial charge in [-0.25, -0.2) is 0 Å². The van der Waals surface area contributed by atoms with Gasteiger partial charge in [0, 0.05) is 12.1 Å². The third-order valence-corrected chi connectivity index (χ3v) is 3.61. The van der Waals surface area contributed by atoms with Crippen LogP contribution in [0.25, 0.3) is 0 Å². The average molecular weight is 264 g/mol. The van der Waals surface area contributed by atoms with Crippen LogP contribution in [0.15, 0.2) is 18.2 Å². The van der Waals surface area contributed by atoms with E-state index in [1.807, 2.05) is 0 Å². The Bertz CT molecular complexity index is 450. The molecule has 0 spiro atoms. The highest BCUT2D eigenvalue weighted by atomic mass is 16.3. The molecule has 0 saturated carbocycles. The van der Waals surface area contributed by atoms with E-state index in [1.54, 1.807) is 12.1 Å². The highest BCUT2D eigenvalue weighted by molar-refractivity contribution is 5.75. The van der Waals surface area contributed by atoms with Gasteiger partial charge in [-0.15, -0.1) is 0 Å². The van der Waals surface area contributed by atoms with Crippen molar-refractivity contribution in [3.63, 3.8) is 0 Å². The van der Waals surface area contributed by atoms with Gasteiger partial charge >= 0.3 is 0 Å². The molecule has 2 rings (SSSR count). The van der Waals surface area contributed by atoms with E-state index in [9.17, 15) is 15.0 Å². The summed E-state index contributed by atoms with van der Waals surface area (Å²) in [4.78, 5) is 10.5. The van der Waals surface area contributed by atoms with Crippen LogP contribution in [0.2, 0.25) is 0 Å². The van der Waals surface area contributed by atoms with Gasteiger partial charge < -0.3 is 20.8 Å². The predicted molar refractivity (Wildman–Crippen MR) is 73.0 cm³/mol. The van der Waals surface area contributed by atoms with Crippen molar-refractivity contribution < 1.29 is 15.0 Å². The first kappa shape index (κ1) is 13.8. The first-order chi connectivity index (χ1) is 9.11. The van der Waals surface area contributed by atoms with Crippen molar-refractivity contribution in [1.82, 2.24) is 5.32 Å². The largest absolute Gasteiger partial charge is 0.506 e. The summed E-state index contributed by atoms with van der Waals surface area (Å²) in [5, 5.41) is 25.8. The second kappa shape index (κ2) is 6.04. The Labute approximate surface area is 112 Å². The van der Waals surface area contributed by atoms with Crippen LogP contribution >= 0.6 is 0 Å². The maximum atomic E-state index is 10.5. The summed E-state index contributed by atoms with van der Waals surface area (Å²) >= 11 is 0. The van der Waals surface area contributed by atoms with E-state index in [0.717, 1.165) is 19.3 Å². The third-order valence-electron chi connectivity index (χ3n) is 3.61. The Balaban J connectivity index is 2.16. The number of aromatic hydroxyl groups is 1. The van der Waals surface area contributed by atoms with Crippen LogP contribution in [0.4, 0.5) is 5.69 Å². The zero-order chi connectivity index (χ0) is 13.8. The average Bonchev–Trinajstić information content (AvgIpc) is 2.41. The van der Waals surface area contributed by atoms with Gasteiger partial charge in [0.05, 0.1) is 11.8 Å². The molecular formula is C14H20N2O3. The molecule has 0 bridgehead atoms. The molecule has 4 N–H and O–H groups in total. The molecule has 1 aromatic rings. The smallest absolute Gasteiger partial charge is 0.211 e. The van der Waals surface area contributed by atoms with E-state index >= 15 is 0 Å². The number of carbonyl (C=O) groups is 1. The Morgan fingerprint density at radius 2 is 2.26 bits per heavy atom. The number of carbonyl (C=O) groups excluding carboxylic acids is 1. The van der Waals surface area contributed by atoms with Crippen molar-refractivity contribution in [2.24, 2.45) is 0 Å². The number of hydrogen-bond acceptors (Lipinski definition) is 4. The molecule has 104 valence electrons. The highest BCUT2D eigenvalue weighted by Crippen LogP contribution is 2.30. The minimum atomic E-state index is -0.643. The third kappa shape index (κ3) is 3.24. The van der Waals surface area contributed by atoms with Crippen LogP contribution in [0.3, 0.4) is 0 Å². The molecule has 1 aliphatic heterocycles. The summed E-state index contributed by atoms with van der Waals surface area (Å²) in [5.74, 6) is -0.00646. The number of aliphatic hydroxyl groups excluding tert-OH is 1. The normalized spacial score (nSPS) is 24.7. The lowest BCUT2D eigenvalue weighted by Gasteiger charge is -2.32. The highest BCUT2D eigenvalue weighted by Gasteiger charge is 2.26. The summed E-state index contributed by atoms with van der Waals surface area (Å²) in [6, 6.07) is 5.18. The summed E-state index contributed by atoms with van der Waals surface area (Å²) in [7, 11) is 0. The van der Waals surface area contributed by atoms with E-state index in [1.165, 1.54) is 6.07 Å². The number of phenolic OH excluding ortho intramolecular Hbond substituents is 1. The SMILES string of the molecule is CC1CCCC(C(O)c2ccc(O)c(NC=O)c2)N1. The molecule has 1 saturated heterocycles. The van der Waals surface area contributed by atoms with Crippen LogP contribution in [0, 0.1) is 0 Å². The van der Waals surface area contributed by atoms with Crippen molar-refractivity contribution in [3.8, 4) is 5.75 Å². The van der Waals surface area contributed by atoms with Crippen molar-refractivity contribution in [1.29, 1.82) is 0 Å². The lowest BCUT2D eigenvalue weighted by atomic mass is 9.92. The lowest BCUT2D eigenvalue weighted by Crippen LogP contribution is -2.44. The number of piperidine rings is 1. The quantitative estimate of drug-likeness (QED) is 0.491. The van der Waals surface area contributed by atoms with Gasteiger partial charge in [0.15, 0.2) is 0 Å². The zero-order valence-electron chi connectivity index (χ0n) is 11.0. The number of benzene rings is 1. The van der Waals surface area contributed by atoms with E-state index in [2.05, 4.69) is 17.6 Å². The van der Waals surface area contributed by atoms with Crippen LogP contribution < -0.4 is 10.6 Å². The number of amides is 1. The van der Waals surface area contributed by atoms with Gasteiger partial charge in [0.2, 0.25) is 6.41 Å². The van der Waals surface area contributed by atoms with Crippen LogP contribution in [-0.2, 0) is 4.79 Å². The van der Waals surface area contributed by atoms with Gasteiger partial charge in [-0.2, -0.15) is 0 Å². The molecule has 3 atom stereocenters. The maximum Gasteiger partial charge on any atom is 0.211 e. The van der Waals surface area contributed by atoms with Crippen molar-refractivity contribution in [2.75, 3.05) is 5.32 Å². The molecule has 3 unspecified atom stereocenters. The van der Waals surface area contributed by atoms with Gasteiger partial charge in [-0.3, -0.25) is 4.79 Å². The van der Waals surface area contributed by atoms with Crippen LogP contribution in [0.5, 0.6) is 5.75 Å². The molecular weight excluding hydrogens is 244 g/mol. The zero-order valence-corrected chi connectivity index (χ0v) is 11.0. The molecule has 1 amide bonds. The molecule has 1 heterocycles. The maximum absolute atomic E-state index is 10.5. The summed E-state index contributed by atoms with van der Waals surface area (Å²) in [6.45, 7) is 2.11. The Hall–Kier alpha value is -1.59. The molecule has 1 aromatic carbocycles. The standard InChI is InChI=1S/C14H20N2O3/c1-9-3-2-4-11(16-9)14(19)10-5-6-13(18)12(7-10)15-8-17/h5-9,11,14,16,18-19H,2-4H2,1H3,(H,15,17). The number of anilines is 1. The van der Waals surface area contributed by atoms with Crippen molar-refractivity contribution in [3.05, 3.63) is 23.8 Å². The first-order valence-electron chi connectivity index (χ1n) is 6.59. The minimum absolute atomic E-state index is 0.00646. The number of aliphatic hydroxyl groups is 1. The van der Waals surface area contributed by atoms with Crippen LogP contribution in [0.1, 0.15) is 37.9 Å². The fourth-order valence-electron chi connectivity index (χ4n) is 2.57. The molecule has 0 aliphatic carbocycles. The molecule has 1 fully saturated rings. The Morgan fingerprint density at radius 1 is 1.47 bits per heavy atom. The minimum Gasteiger partial charge on any atom is -0.506 e. The Morgan fingerprint density at radius 3 is 2.95 bits per heavy atom. The topological polar surface area (TPSA) is 81.6 Å². The molecule has 0 aromatic heterocycles.